The lowest BCUT2D eigenvalue weighted by atomic mass is 10.1. The number of methoxy groups -OCH3 is 1. The minimum Gasteiger partial charge on any atom is -0.469 e. The maximum Gasteiger partial charge on any atom is 0.307 e. The molecule has 4 nitrogen and oxygen atoms in total. The summed E-state index contributed by atoms with van der Waals surface area (Å²) in [4.78, 5) is 25.5. The maximum atomic E-state index is 13.4. The molecular formula is C19H19F2NO3. The van der Waals surface area contributed by atoms with Crippen LogP contribution in [0.2, 0.25) is 0 Å². The van der Waals surface area contributed by atoms with E-state index in [1.54, 1.807) is 0 Å². The Morgan fingerprint density at radius 2 is 1.72 bits per heavy atom. The Balaban J connectivity index is 2.22. The molecule has 0 N–H and O–H groups in total. The largest absolute Gasteiger partial charge is 0.469 e. The van der Waals surface area contributed by atoms with E-state index >= 15 is 0 Å². The van der Waals surface area contributed by atoms with Gasteiger partial charge in [-0.3, -0.25) is 9.59 Å². The van der Waals surface area contributed by atoms with Crippen LogP contribution in [0.15, 0.2) is 42.5 Å². The number of amides is 1. The molecule has 0 aliphatic rings. The predicted molar refractivity (Wildman–Crippen MR) is 88.9 cm³/mol. The van der Waals surface area contributed by atoms with Gasteiger partial charge in [0.2, 0.25) is 0 Å². The zero-order valence-corrected chi connectivity index (χ0v) is 14.1. The number of nitrogens with zero attached hydrogens (tertiary/aromatic N) is 1. The van der Waals surface area contributed by atoms with E-state index in [1.807, 2.05) is 31.2 Å². The molecule has 0 heterocycles. The molecule has 0 saturated carbocycles. The van der Waals surface area contributed by atoms with Crippen LogP contribution in [0.5, 0.6) is 0 Å². The van der Waals surface area contributed by atoms with Gasteiger partial charge in [0.05, 0.1) is 13.5 Å². The van der Waals surface area contributed by atoms with Gasteiger partial charge in [0.25, 0.3) is 5.91 Å². The topological polar surface area (TPSA) is 46.6 Å². The highest BCUT2D eigenvalue weighted by Crippen LogP contribution is 2.15. The van der Waals surface area contributed by atoms with Gasteiger partial charge in [0, 0.05) is 18.7 Å². The fraction of sp³-hybridized carbons (Fsp3) is 0.263. The van der Waals surface area contributed by atoms with Crippen molar-refractivity contribution in [2.45, 2.75) is 19.9 Å². The summed E-state index contributed by atoms with van der Waals surface area (Å²) in [5, 5.41) is 0. The highest BCUT2D eigenvalue weighted by molar-refractivity contribution is 5.94. The van der Waals surface area contributed by atoms with E-state index < -0.39 is 23.5 Å². The third-order valence-electron chi connectivity index (χ3n) is 3.76. The fourth-order valence-electron chi connectivity index (χ4n) is 2.31. The smallest absolute Gasteiger partial charge is 0.307 e. The van der Waals surface area contributed by atoms with Crippen LogP contribution in [0.25, 0.3) is 0 Å². The summed E-state index contributed by atoms with van der Waals surface area (Å²) in [7, 11) is 1.27. The number of carbonyl (C=O) groups is 2. The molecule has 0 aliphatic carbocycles. The van der Waals surface area contributed by atoms with Crippen molar-refractivity contribution >= 4 is 11.9 Å². The number of benzene rings is 2. The lowest BCUT2D eigenvalue weighted by molar-refractivity contribution is -0.140. The highest BCUT2D eigenvalue weighted by atomic mass is 19.2. The summed E-state index contributed by atoms with van der Waals surface area (Å²) in [5.74, 6) is -3.04. The first-order valence-electron chi connectivity index (χ1n) is 7.77. The van der Waals surface area contributed by atoms with Gasteiger partial charge in [-0.2, -0.15) is 0 Å². The number of ether oxygens (including phenoxy) is 1. The molecule has 0 aromatic heterocycles. The van der Waals surface area contributed by atoms with E-state index in [9.17, 15) is 18.4 Å². The van der Waals surface area contributed by atoms with Crippen molar-refractivity contribution in [1.82, 2.24) is 4.90 Å². The number of esters is 1. The highest BCUT2D eigenvalue weighted by Gasteiger charge is 2.19. The number of carbonyl (C=O) groups excluding carboxylic acids is 2. The van der Waals surface area contributed by atoms with Gasteiger partial charge >= 0.3 is 5.97 Å². The van der Waals surface area contributed by atoms with Crippen molar-refractivity contribution in [1.29, 1.82) is 0 Å². The van der Waals surface area contributed by atoms with Crippen LogP contribution < -0.4 is 0 Å². The molecule has 0 atom stereocenters. The van der Waals surface area contributed by atoms with E-state index in [2.05, 4.69) is 4.74 Å². The van der Waals surface area contributed by atoms with Gasteiger partial charge in [0.1, 0.15) is 0 Å². The lowest BCUT2D eigenvalue weighted by Crippen LogP contribution is -2.33. The minimum atomic E-state index is -1.09. The second kappa shape index (κ2) is 8.37. The number of halogens is 2. The van der Waals surface area contributed by atoms with Gasteiger partial charge in [-0.25, -0.2) is 8.78 Å². The average Bonchev–Trinajstić information content (AvgIpc) is 2.61. The lowest BCUT2D eigenvalue weighted by Gasteiger charge is -2.23. The number of rotatable bonds is 6. The second-order valence-corrected chi connectivity index (χ2v) is 5.67. The molecule has 0 aliphatic heterocycles. The molecule has 0 fully saturated rings. The van der Waals surface area contributed by atoms with Crippen molar-refractivity contribution in [2.24, 2.45) is 0 Å². The van der Waals surface area contributed by atoms with Crippen molar-refractivity contribution in [2.75, 3.05) is 13.7 Å². The molecular weight excluding hydrogens is 328 g/mol. The van der Waals surface area contributed by atoms with Crippen LogP contribution in [-0.4, -0.2) is 30.4 Å². The van der Waals surface area contributed by atoms with E-state index in [1.165, 1.54) is 18.1 Å². The standard InChI is InChI=1S/C19H19F2NO3/c1-13-3-5-14(6-4-13)12-22(10-9-18(23)25-2)19(24)15-7-8-16(20)17(21)11-15/h3-8,11H,9-10,12H2,1-2H3. The van der Waals surface area contributed by atoms with Gasteiger partial charge in [-0.05, 0) is 30.7 Å². The average molecular weight is 347 g/mol. The Morgan fingerprint density at radius 3 is 2.32 bits per heavy atom. The molecule has 0 spiro atoms. The third kappa shape index (κ3) is 5.11. The van der Waals surface area contributed by atoms with Crippen LogP contribution in [0.3, 0.4) is 0 Å². The summed E-state index contributed by atoms with van der Waals surface area (Å²) in [5.41, 5.74) is 1.97. The van der Waals surface area contributed by atoms with Gasteiger partial charge in [-0.15, -0.1) is 0 Å². The molecule has 6 heteroatoms. The summed E-state index contributed by atoms with van der Waals surface area (Å²) in [6, 6.07) is 10.6. The summed E-state index contributed by atoms with van der Waals surface area (Å²) < 4.78 is 31.1. The predicted octanol–water partition coefficient (Wildman–Crippen LogP) is 3.48. The normalized spacial score (nSPS) is 10.4. The summed E-state index contributed by atoms with van der Waals surface area (Å²) in [6.07, 6.45) is 0.0117. The first kappa shape index (κ1) is 18.6. The van der Waals surface area contributed by atoms with Crippen LogP contribution >= 0.6 is 0 Å². The summed E-state index contributed by atoms with van der Waals surface area (Å²) >= 11 is 0. The second-order valence-electron chi connectivity index (χ2n) is 5.67. The Labute approximate surface area is 145 Å². The molecule has 132 valence electrons. The molecule has 1 amide bonds. The van der Waals surface area contributed by atoms with Crippen molar-refractivity contribution < 1.29 is 23.1 Å². The maximum absolute atomic E-state index is 13.4. The van der Waals surface area contributed by atoms with Gasteiger partial charge in [-0.1, -0.05) is 29.8 Å². The van der Waals surface area contributed by atoms with Gasteiger partial charge < -0.3 is 9.64 Å². The first-order valence-corrected chi connectivity index (χ1v) is 7.77. The summed E-state index contributed by atoms with van der Waals surface area (Å²) in [6.45, 7) is 2.30. The first-order chi connectivity index (χ1) is 11.9. The zero-order chi connectivity index (χ0) is 18.4. The van der Waals surface area contributed by atoms with E-state index in [4.69, 9.17) is 0 Å². The molecule has 2 aromatic carbocycles. The molecule has 0 bridgehead atoms. The van der Waals surface area contributed by atoms with Crippen molar-refractivity contribution in [3.8, 4) is 0 Å². The Bertz CT molecular complexity index is 760. The number of hydrogen-bond acceptors (Lipinski definition) is 3. The molecule has 0 radical (unpaired) electrons. The third-order valence-corrected chi connectivity index (χ3v) is 3.76. The monoisotopic (exact) mass is 347 g/mol. The van der Waals surface area contributed by atoms with Crippen LogP contribution in [0.4, 0.5) is 8.78 Å². The van der Waals surface area contributed by atoms with E-state index in [-0.39, 0.29) is 25.1 Å². The Kier molecular flexibility index (Phi) is 6.22. The SMILES string of the molecule is COC(=O)CCN(Cc1ccc(C)cc1)C(=O)c1ccc(F)c(F)c1. The fourth-order valence-corrected chi connectivity index (χ4v) is 2.31. The zero-order valence-electron chi connectivity index (χ0n) is 14.1. The van der Waals surface area contributed by atoms with Crippen LogP contribution in [0, 0.1) is 18.6 Å². The molecule has 0 unspecified atom stereocenters. The minimum absolute atomic E-state index is 0.0117. The van der Waals surface area contributed by atoms with Crippen molar-refractivity contribution in [3.63, 3.8) is 0 Å². The van der Waals surface area contributed by atoms with E-state index in [0.717, 1.165) is 23.3 Å². The number of hydrogen-bond donors (Lipinski definition) is 0. The number of aryl methyl sites for hydroxylation is 1. The Morgan fingerprint density at radius 1 is 1.04 bits per heavy atom. The van der Waals surface area contributed by atoms with E-state index in [0.29, 0.717) is 0 Å². The molecule has 2 rings (SSSR count). The van der Waals surface area contributed by atoms with Crippen molar-refractivity contribution in [3.05, 3.63) is 70.8 Å². The molecule has 2 aromatic rings. The molecule has 25 heavy (non-hydrogen) atoms. The quantitative estimate of drug-likeness (QED) is 0.752. The van der Waals surface area contributed by atoms with Gasteiger partial charge in [0.15, 0.2) is 11.6 Å². The Hall–Kier alpha value is -2.76. The van der Waals surface area contributed by atoms with Crippen LogP contribution in [-0.2, 0) is 16.1 Å². The van der Waals surface area contributed by atoms with Crippen LogP contribution in [0.1, 0.15) is 27.9 Å². The molecule has 0 saturated heterocycles.